The van der Waals surface area contributed by atoms with Gasteiger partial charge in [0.1, 0.15) is 30.0 Å². The van der Waals surface area contributed by atoms with Gasteiger partial charge in [-0.2, -0.15) is 16.1 Å². The van der Waals surface area contributed by atoms with Crippen LogP contribution in [0.2, 0.25) is 0 Å². The van der Waals surface area contributed by atoms with E-state index in [1.165, 1.54) is 23.4 Å². The summed E-state index contributed by atoms with van der Waals surface area (Å²) < 4.78 is 12.3. The quantitative estimate of drug-likeness (QED) is 0.394. The van der Waals surface area contributed by atoms with Crippen molar-refractivity contribution in [2.45, 2.75) is 37.2 Å². The number of rotatable bonds is 6. The van der Waals surface area contributed by atoms with Gasteiger partial charge in [-0.3, -0.25) is 0 Å². The number of anilines is 1. The van der Waals surface area contributed by atoms with Crippen LogP contribution >= 0.6 is 23.3 Å². The van der Waals surface area contributed by atoms with Crippen molar-refractivity contribution >= 4 is 40.1 Å². The van der Waals surface area contributed by atoms with Crippen LogP contribution in [0.5, 0.6) is 0 Å². The van der Waals surface area contributed by atoms with Crippen molar-refractivity contribution < 1.29 is 14.9 Å². The Morgan fingerprint density at radius 3 is 2.78 bits per heavy atom. The summed E-state index contributed by atoms with van der Waals surface area (Å²) in [7, 11) is 0. The van der Waals surface area contributed by atoms with Gasteiger partial charge in [0, 0.05) is 23.3 Å². The fourth-order valence-corrected chi connectivity index (χ4v) is 6.13. The molecule has 0 unspecified atom stereocenters. The molecule has 32 heavy (non-hydrogen) atoms. The zero-order chi connectivity index (χ0) is 22.2. The van der Waals surface area contributed by atoms with Crippen LogP contribution in [-0.2, 0) is 10.5 Å². The molecule has 166 valence electrons. The molecule has 0 amide bonds. The molecule has 4 aromatic rings. The zero-order valence-corrected chi connectivity index (χ0v) is 19.0. The number of fused-ring (bicyclic) bond motifs is 1. The summed E-state index contributed by atoms with van der Waals surface area (Å²) in [6, 6.07) is 12.0. The SMILES string of the molecule is Cc1nsc(-c2ccccc2)c1CSC[C@H]1O[C@@H](n2ccc3c(N)ncnc32)[C@H](O)[C@@H]1O. The second-order valence-electron chi connectivity index (χ2n) is 7.72. The molecule has 10 heteroatoms. The van der Waals surface area contributed by atoms with E-state index in [1.54, 1.807) is 28.6 Å². The maximum absolute atomic E-state index is 10.7. The van der Waals surface area contributed by atoms with Gasteiger partial charge in [0.15, 0.2) is 6.23 Å². The minimum atomic E-state index is -1.07. The summed E-state index contributed by atoms with van der Waals surface area (Å²) in [6.07, 6.45) is -0.203. The van der Waals surface area contributed by atoms with Gasteiger partial charge in [-0.15, -0.1) is 0 Å². The van der Waals surface area contributed by atoms with Crippen molar-refractivity contribution in [2.24, 2.45) is 0 Å². The predicted octanol–water partition coefficient (Wildman–Crippen LogP) is 3.00. The Morgan fingerprint density at radius 1 is 1.16 bits per heavy atom. The number of nitrogen functional groups attached to an aromatic ring is 1. The van der Waals surface area contributed by atoms with Crippen molar-refractivity contribution in [3.63, 3.8) is 0 Å². The molecule has 5 rings (SSSR count). The Hall–Kier alpha value is -2.50. The standard InChI is InChI=1S/C22H23N5O3S2/c1-12-15(19(32-26-12)13-5-3-2-4-6-13)9-31-10-16-17(28)18(29)22(30-16)27-8-7-14-20(23)24-11-25-21(14)27/h2-8,11,16-18,22,28-29H,9-10H2,1H3,(H2,23,24,25)/t16-,17-,18-,22-/m1/s1. The lowest BCUT2D eigenvalue weighted by molar-refractivity contribution is -0.0285. The Bertz CT molecular complexity index is 1230. The van der Waals surface area contributed by atoms with E-state index in [9.17, 15) is 10.2 Å². The molecule has 3 aromatic heterocycles. The number of aromatic nitrogens is 4. The number of benzene rings is 1. The number of aliphatic hydroxyl groups is 2. The lowest BCUT2D eigenvalue weighted by Crippen LogP contribution is -2.32. The fourth-order valence-electron chi connectivity index (χ4n) is 3.94. The molecule has 8 nitrogen and oxygen atoms in total. The van der Waals surface area contributed by atoms with Gasteiger partial charge in [0.25, 0.3) is 0 Å². The smallest absolute Gasteiger partial charge is 0.164 e. The Morgan fingerprint density at radius 2 is 1.97 bits per heavy atom. The van der Waals surface area contributed by atoms with Gasteiger partial charge in [0.05, 0.1) is 22.1 Å². The van der Waals surface area contributed by atoms with Crippen molar-refractivity contribution in [1.29, 1.82) is 0 Å². The van der Waals surface area contributed by atoms with E-state index in [-0.39, 0.29) is 0 Å². The number of ether oxygens (including phenoxy) is 1. The minimum Gasteiger partial charge on any atom is -0.387 e. The highest BCUT2D eigenvalue weighted by Gasteiger charge is 2.44. The number of aliphatic hydroxyl groups excluding tert-OH is 2. The number of nitrogens with zero attached hydrogens (tertiary/aromatic N) is 4. The van der Waals surface area contributed by atoms with Crippen LogP contribution in [0.25, 0.3) is 21.5 Å². The van der Waals surface area contributed by atoms with Crippen LogP contribution in [0, 0.1) is 6.92 Å². The average Bonchev–Trinajstić information content (AvgIpc) is 3.47. The maximum atomic E-state index is 10.7. The predicted molar refractivity (Wildman–Crippen MR) is 126 cm³/mol. The highest BCUT2D eigenvalue weighted by molar-refractivity contribution is 7.98. The first-order chi connectivity index (χ1) is 15.5. The minimum absolute atomic E-state index is 0.364. The van der Waals surface area contributed by atoms with E-state index < -0.39 is 24.5 Å². The lowest BCUT2D eigenvalue weighted by atomic mass is 10.1. The van der Waals surface area contributed by atoms with E-state index in [0.717, 1.165) is 21.9 Å². The van der Waals surface area contributed by atoms with Crippen LogP contribution in [-0.4, -0.2) is 53.2 Å². The van der Waals surface area contributed by atoms with E-state index in [0.29, 0.717) is 22.6 Å². The van der Waals surface area contributed by atoms with E-state index >= 15 is 0 Å². The van der Waals surface area contributed by atoms with Crippen molar-refractivity contribution in [3.8, 4) is 10.4 Å². The molecule has 1 aliphatic rings. The Kier molecular flexibility index (Phi) is 5.87. The lowest BCUT2D eigenvalue weighted by Gasteiger charge is -2.17. The zero-order valence-electron chi connectivity index (χ0n) is 17.3. The maximum Gasteiger partial charge on any atom is 0.164 e. The van der Waals surface area contributed by atoms with Crippen molar-refractivity contribution in [2.75, 3.05) is 11.5 Å². The number of nitrogens with two attached hydrogens (primary N) is 1. The highest BCUT2D eigenvalue weighted by Crippen LogP contribution is 2.36. The van der Waals surface area contributed by atoms with Gasteiger partial charge in [-0.05, 0) is 30.1 Å². The van der Waals surface area contributed by atoms with Crippen molar-refractivity contribution in [1.82, 2.24) is 18.9 Å². The van der Waals surface area contributed by atoms with Gasteiger partial charge >= 0.3 is 0 Å². The second-order valence-corrected chi connectivity index (χ2v) is 9.53. The largest absolute Gasteiger partial charge is 0.387 e. The number of hydrogen-bond acceptors (Lipinski definition) is 9. The summed E-state index contributed by atoms with van der Waals surface area (Å²) in [4.78, 5) is 9.42. The van der Waals surface area contributed by atoms with Crippen LogP contribution in [0.15, 0.2) is 48.9 Å². The highest BCUT2D eigenvalue weighted by atomic mass is 32.2. The molecular weight excluding hydrogens is 446 g/mol. The molecular formula is C22H23N5O3S2. The van der Waals surface area contributed by atoms with Crippen molar-refractivity contribution in [3.05, 3.63) is 60.2 Å². The molecule has 1 saturated heterocycles. The third-order valence-corrected chi connectivity index (χ3v) is 7.79. The molecule has 1 aliphatic heterocycles. The van der Waals surface area contributed by atoms with Gasteiger partial charge < -0.3 is 25.3 Å². The summed E-state index contributed by atoms with van der Waals surface area (Å²) in [5.74, 6) is 1.65. The van der Waals surface area contributed by atoms with Crippen LogP contribution < -0.4 is 5.73 Å². The topological polar surface area (TPSA) is 119 Å². The average molecular weight is 470 g/mol. The first kappa shape index (κ1) is 21.4. The van der Waals surface area contributed by atoms with Gasteiger partial charge in [-0.1, -0.05) is 30.3 Å². The summed E-state index contributed by atoms with van der Waals surface area (Å²) in [5.41, 5.74) is 9.84. The van der Waals surface area contributed by atoms with Gasteiger partial charge in [-0.25, -0.2) is 9.97 Å². The molecule has 1 aromatic carbocycles. The normalized spacial score (nSPS) is 23.2. The molecule has 0 aliphatic carbocycles. The molecule has 0 radical (unpaired) electrons. The Balaban J connectivity index is 1.28. The molecule has 0 saturated carbocycles. The van der Waals surface area contributed by atoms with Crippen LogP contribution in [0.1, 0.15) is 17.5 Å². The van der Waals surface area contributed by atoms with E-state index in [1.807, 2.05) is 25.1 Å². The summed E-state index contributed by atoms with van der Waals surface area (Å²) in [6.45, 7) is 2.02. The number of hydrogen-bond donors (Lipinski definition) is 3. The Labute approximate surface area is 193 Å². The number of thioether (sulfide) groups is 1. The molecule has 4 heterocycles. The molecule has 0 spiro atoms. The first-order valence-corrected chi connectivity index (χ1v) is 12.1. The summed E-state index contributed by atoms with van der Waals surface area (Å²) in [5, 5.41) is 22.0. The summed E-state index contributed by atoms with van der Waals surface area (Å²) >= 11 is 3.16. The molecule has 1 fully saturated rings. The first-order valence-electron chi connectivity index (χ1n) is 10.2. The van der Waals surface area contributed by atoms with E-state index in [4.69, 9.17) is 10.5 Å². The monoisotopic (exact) mass is 469 g/mol. The third-order valence-electron chi connectivity index (χ3n) is 5.70. The molecule has 4 atom stereocenters. The molecule has 0 bridgehead atoms. The van der Waals surface area contributed by atoms with Gasteiger partial charge in [0.2, 0.25) is 0 Å². The second kappa shape index (κ2) is 8.80. The third kappa shape index (κ3) is 3.78. The van der Waals surface area contributed by atoms with Crippen LogP contribution in [0.4, 0.5) is 5.82 Å². The fraction of sp³-hybridized carbons (Fsp3) is 0.318. The van der Waals surface area contributed by atoms with Crippen LogP contribution in [0.3, 0.4) is 0 Å². The molecule has 4 N–H and O–H groups in total. The van der Waals surface area contributed by atoms with E-state index in [2.05, 4.69) is 26.5 Å². The number of aryl methyl sites for hydroxylation is 1.